The zero-order chi connectivity index (χ0) is 14.7. The lowest BCUT2D eigenvalue weighted by atomic mass is 10.2. The monoisotopic (exact) mass is 324 g/mol. The number of anilines is 1. The zero-order valence-electron chi connectivity index (χ0n) is 10.5. The second kappa shape index (κ2) is 6.27. The van der Waals surface area contributed by atoms with E-state index in [9.17, 15) is 5.26 Å². The minimum Gasteiger partial charge on any atom is -0.454 e. The van der Waals surface area contributed by atoms with Crippen LogP contribution in [0.4, 0.5) is 5.69 Å². The molecule has 2 aromatic rings. The van der Waals surface area contributed by atoms with E-state index >= 15 is 0 Å². The maximum atomic E-state index is 9.25. The molecule has 102 valence electrons. The summed E-state index contributed by atoms with van der Waals surface area (Å²) in [5, 5.41) is 9.95. The van der Waals surface area contributed by atoms with Crippen molar-refractivity contribution < 1.29 is 4.74 Å². The Bertz CT molecular complexity index is 698. The summed E-state index contributed by atoms with van der Waals surface area (Å²) in [4.78, 5) is 0.837. The molecule has 0 bridgehead atoms. The molecule has 0 radical (unpaired) electrons. The number of nitrogens with two attached hydrogens (primary N) is 1. The van der Waals surface area contributed by atoms with Crippen LogP contribution in [0.2, 0.25) is 10.0 Å². The maximum absolute atomic E-state index is 9.25. The molecule has 0 aliphatic rings. The molecule has 0 unspecified atom stereocenters. The summed E-state index contributed by atoms with van der Waals surface area (Å²) in [6.45, 7) is 0. The minimum atomic E-state index is 0.343. The average molecular weight is 325 g/mol. The van der Waals surface area contributed by atoms with E-state index in [0.29, 0.717) is 32.8 Å². The summed E-state index contributed by atoms with van der Waals surface area (Å²) in [5.74, 6) is 0.804. The number of nitrogens with zero attached hydrogens (tertiary/aromatic N) is 1. The largest absolute Gasteiger partial charge is 0.454 e. The quantitative estimate of drug-likeness (QED) is 0.640. The van der Waals surface area contributed by atoms with Crippen LogP contribution in [0.5, 0.6) is 11.5 Å². The predicted molar refractivity (Wildman–Crippen MR) is 83.9 cm³/mol. The Labute approximate surface area is 131 Å². The molecule has 0 saturated carbocycles. The van der Waals surface area contributed by atoms with Crippen molar-refractivity contribution in [2.75, 3.05) is 12.0 Å². The average Bonchev–Trinajstić information content (AvgIpc) is 2.44. The topological polar surface area (TPSA) is 59.0 Å². The molecule has 0 atom stereocenters. The van der Waals surface area contributed by atoms with Crippen LogP contribution in [0.3, 0.4) is 0 Å². The van der Waals surface area contributed by atoms with E-state index in [2.05, 4.69) is 6.07 Å². The molecule has 0 aliphatic carbocycles. The molecule has 0 heterocycles. The van der Waals surface area contributed by atoms with Crippen LogP contribution in [0, 0.1) is 11.3 Å². The van der Waals surface area contributed by atoms with Crippen molar-refractivity contribution in [3.63, 3.8) is 0 Å². The SMILES string of the molecule is CSc1cccc(Oc2cc(Cl)c(Cl)cc2N)c1C#N. The van der Waals surface area contributed by atoms with E-state index in [4.69, 9.17) is 33.7 Å². The van der Waals surface area contributed by atoms with Crippen molar-refractivity contribution in [2.24, 2.45) is 0 Å². The van der Waals surface area contributed by atoms with Crippen molar-refractivity contribution in [3.8, 4) is 17.6 Å². The van der Waals surface area contributed by atoms with Gasteiger partial charge in [-0.1, -0.05) is 29.3 Å². The fourth-order valence-corrected chi connectivity index (χ4v) is 2.52. The van der Waals surface area contributed by atoms with E-state index < -0.39 is 0 Å². The Morgan fingerprint density at radius 1 is 1.20 bits per heavy atom. The minimum absolute atomic E-state index is 0.343. The van der Waals surface area contributed by atoms with Crippen LogP contribution >= 0.6 is 35.0 Å². The zero-order valence-corrected chi connectivity index (χ0v) is 12.8. The molecule has 0 spiro atoms. The van der Waals surface area contributed by atoms with E-state index in [1.165, 1.54) is 23.9 Å². The first-order chi connectivity index (χ1) is 9.56. The number of hydrogen-bond donors (Lipinski definition) is 1. The molecule has 0 fully saturated rings. The van der Waals surface area contributed by atoms with E-state index in [-0.39, 0.29) is 0 Å². The fourth-order valence-electron chi connectivity index (χ4n) is 1.63. The van der Waals surface area contributed by atoms with E-state index in [1.807, 2.05) is 18.4 Å². The Hall–Kier alpha value is -1.54. The molecule has 3 nitrogen and oxygen atoms in total. The highest BCUT2D eigenvalue weighted by molar-refractivity contribution is 7.98. The van der Waals surface area contributed by atoms with Crippen molar-refractivity contribution in [3.05, 3.63) is 45.9 Å². The van der Waals surface area contributed by atoms with Gasteiger partial charge in [0.15, 0.2) is 5.75 Å². The van der Waals surface area contributed by atoms with Gasteiger partial charge in [-0.3, -0.25) is 0 Å². The van der Waals surface area contributed by atoms with Gasteiger partial charge in [0.25, 0.3) is 0 Å². The second-order valence-electron chi connectivity index (χ2n) is 3.85. The third-order valence-electron chi connectivity index (χ3n) is 2.59. The first-order valence-corrected chi connectivity index (χ1v) is 7.54. The van der Waals surface area contributed by atoms with Gasteiger partial charge in [-0.05, 0) is 24.5 Å². The summed E-state index contributed by atoms with van der Waals surface area (Å²) in [7, 11) is 0. The Morgan fingerprint density at radius 3 is 2.55 bits per heavy atom. The Morgan fingerprint density at radius 2 is 1.90 bits per heavy atom. The smallest absolute Gasteiger partial charge is 0.151 e. The van der Waals surface area contributed by atoms with Crippen molar-refractivity contribution >= 4 is 40.7 Å². The van der Waals surface area contributed by atoms with Gasteiger partial charge in [0.2, 0.25) is 0 Å². The van der Waals surface area contributed by atoms with Gasteiger partial charge in [0, 0.05) is 11.0 Å². The third kappa shape index (κ3) is 2.96. The van der Waals surface area contributed by atoms with Crippen molar-refractivity contribution in [1.29, 1.82) is 5.26 Å². The first kappa shape index (κ1) is 14.9. The van der Waals surface area contributed by atoms with Gasteiger partial charge in [-0.15, -0.1) is 11.8 Å². The van der Waals surface area contributed by atoms with E-state index in [0.717, 1.165) is 4.90 Å². The number of halogens is 2. The van der Waals surface area contributed by atoms with Gasteiger partial charge < -0.3 is 10.5 Å². The molecule has 0 aliphatic heterocycles. The van der Waals surface area contributed by atoms with Gasteiger partial charge in [-0.25, -0.2) is 0 Å². The molecule has 2 aromatic carbocycles. The number of ether oxygens (including phenoxy) is 1. The van der Waals surface area contributed by atoms with Crippen molar-refractivity contribution in [1.82, 2.24) is 0 Å². The highest BCUT2D eigenvalue weighted by Crippen LogP contribution is 2.37. The molecule has 6 heteroatoms. The summed E-state index contributed by atoms with van der Waals surface area (Å²) >= 11 is 13.3. The van der Waals surface area contributed by atoms with Crippen LogP contribution in [0.15, 0.2) is 35.2 Å². The highest BCUT2D eigenvalue weighted by Gasteiger charge is 2.12. The molecule has 2 rings (SSSR count). The first-order valence-electron chi connectivity index (χ1n) is 5.56. The predicted octanol–water partition coefficient (Wildman–Crippen LogP) is 4.96. The Balaban J connectivity index is 2.46. The van der Waals surface area contributed by atoms with Gasteiger partial charge in [0.05, 0.1) is 15.7 Å². The van der Waals surface area contributed by atoms with Crippen molar-refractivity contribution in [2.45, 2.75) is 4.90 Å². The van der Waals surface area contributed by atoms with Gasteiger partial charge in [0.1, 0.15) is 17.4 Å². The van der Waals surface area contributed by atoms with Gasteiger partial charge in [-0.2, -0.15) is 5.26 Å². The number of rotatable bonds is 3. The van der Waals surface area contributed by atoms with Crippen LogP contribution in [0.25, 0.3) is 0 Å². The Kier molecular flexibility index (Phi) is 4.66. The standard InChI is InChI=1S/C14H10Cl2N2OS/c1-20-14-4-2-3-12(8(14)7-17)19-13-6-10(16)9(15)5-11(13)18/h2-6H,18H2,1H3. The fraction of sp³-hybridized carbons (Fsp3) is 0.0714. The summed E-state index contributed by atoms with van der Waals surface area (Å²) < 4.78 is 5.71. The molecule has 0 amide bonds. The lowest BCUT2D eigenvalue weighted by Crippen LogP contribution is -1.95. The molecule has 0 aromatic heterocycles. The van der Waals surface area contributed by atoms with Gasteiger partial charge >= 0.3 is 0 Å². The summed E-state index contributed by atoms with van der Waals surface area (Å²) in [6, 6.07) is 10.6. The lowest BCUT2D eigenvalue weighted by molar-refractivity contribution is 0.482. The third-order valence-corrected chi connectivity index (χ3v) is 4.09. The molecule has 2 N–H and O–H groups in total. The molecule has 20 heavy (non-hydrogen) atoms. The summed E-state index contributed by atoms with van der Waals surface area (Å²) in [5.41, 5.74) is 6.67. The molecular weight excluding hydrogens is 315 g/mol. The normalized spacial score (nSPS) is 10.1. The number of thioether (sulfide) groups is 1. The van der Waals surface area contributed by atoms with Crippen LogP contribution in [-0.4, -0.2) is 6.26 Å². The van der Waals surface area contributed by atoms with E-state index in [1.54, 1.807) is 6.07 Å². The van der Waals surface area contributed by atoms with Crippen LogP contribution in [0.1, 0.15) is 5.56 Å². The number of hydrogen-bond acceptors (Lipinski definition) is 4. The maximum Gasteiger partial charge on any atom is 0.151 e. The highest BCUT2D eigenvalue weighted by atomic mass is 35.5. The molecule has 0 saturated heterocycles. The van der Waals surface area contributed by atoms with Crippen LogP contribution < -0.4 is 10.5 Å². The number of benzene rings is 2. The number of nitrogen functional groups attached to an aromatic ring is 1. The second-order valence-corrected chi connectivity index (χ2v) is 5.51. The summed E-state index contributed by atoms with van der Waals surface area (Å²) in [6.07, 6.45) is 1.90. The number of nitriles is 1. The van der Waals surface area contributed by atoms with Crippen LogP contribution in [-0.2, 0) is 0 Å². The lowest BCUT2D eigenvalue weighted by Gasteiger charge is -2.12. The molecular formula is C14H10Cl2N2OS.